The van der Waals surface area contributed by atoms with Gasteiger partial charge in [0.05, 0.1) is 0 Å². The molecule has 0 N–H and O–H groups in total. The SMILES string of the molecule is [2H]C([2H])([2H])c1cc(-c2[c-]cc(F)cc2)ncc1CCc1cc(CCc2cnc(-c3[c-]cc(F)cc3)cc2C([2H])([2H])[2H])cc(-c2cccc(F)c2-c2cnc(-c3[c-]cccc3)cc2-c2ccc3c(c2)oc2ccccc23)c1.[Ir+3]. The van der Waals surface area contributed by atoms with E-state index in [0.29, 0.717) is 85.6 Å². The maximum absolute atomic E-state index is 17.1. The van der Waals surface area contributed by atoms with Crippen molar-refractivity contribution >= 4 is 21.9 Å². The molecular formula is C63H43F3IrN3O. The van der Waals surface area contributed by atoms with Gasteiger partial charge in [-0.25, -0.2) is 4.39 Å². The molecule has 71 heavy (non-hydrogen) atoms. The standard InChI is InChI=1S/C63H43F3N3O.Ir/c1-39-29-58(44-19-24-50(64)25-20-44)67-36-47(39)17-15-41-31-42(16-18-48-37-68-59(30-40(48)2)45-21-26-51(65)27-22-45)33-49(32-41)52-12-8-13-57(66)63(52)56-38-69-60(43-9-4-3-5-10-43)35-55(56)46-23-28-54-53-11-6-7-14-61(53)70-62(54)34-46;/h3-9,11-14,19,21,23-38H,15-18H2,1-2H3;/q-3;+3/i1D3,2D3;. The fraction of sp³-hybridized carbons (Fsp3) is 0.0952. The van der Waals surface area contributed by atoms with E-state index in [2.05, 4.69) is 28.2 Å². The molecule has 0 aliphatic rings. The molecule has 4 aromatic heterocycles. The Kier molecular flexibility index (Phi) is 11.4. The zero-order chi connectivity index (χ0) is 52.7. The van der Waals surface area contributed by atoms with E-state index in [1.165, 1.54) is 67.0 Å². The van der Waals surface area contributed by atoms with Crippen LogP contribution in [0.15, 0.2) is 181 Å². The number of fused-ring (bicyclic) bond motifs is 3. The molecule has 0 fully saturated rings. The van der Waals surface area contributed by atoms with Gasteiger partial charge in [-0.15, -0.1) is 95.6 Å². The van der Waals surface area contributed by atoms with Crippen LogP contribution in [0.3, 0.4) is 0 Å². The molecule has 11 rings (SSSR count). The van der Waals surface area contributed by atoms with Crippen LogP contribution in [-0.4, -0.2) is 15.0 Å². The molecule has 0 aliphatic heterocycles. The minimum atomic E-state index is -2.51. The molecule has 0 radical (unpaired) electrons. The largest absolute Gasteiger partial charge is 3.00 e. The quantitative estimate of drug-likeness (QED) is 0.114. The summed E-state index contributed by atoms with van der Waals surface area (Å²) in [5, 5.41) is 1.92. The predicted octanol–water partition coefficient (Wildman–Crippen LogP) is 15.8. The van der Waals surface area contributed by atoms with Gasteiger partial charge in [-0.05, 0) is 125 Å². The number of halogens is 3. The molecule has 11 aromatic rings. The van der Waals surface area contributed by atoms with Crippen LogP contribution in [0.4, 0.5) is 13.2 Å². The van der Waals surface area contributed by atoms with Crippen molar-refractivity contribution in [2.24, 2.45) is 0 Å². The molecule has 4 nitrogen and oxygen atoms in total. The summed E-state index contributed by atoms with van der Waals surface area (Å²) >= 11 is 0. The van der Waals surface area contributed by atoms with Gasteiger partial charge in [0.1, 0.15) is 17.0 Å². The second-order valence-corrected chi connectivity index (χ2v) is 17.2. The monoisotopic (exact) mass is 1110 g/mol. The van der Waals surface area contributed by atoms with Gasteiger partial charge in [-0.2, -0.15) is 0 Å². The van der Waals surface area contributed by atoms with Gasteiger partial charge in [0, 0.05) is 60.3 Å². The van der Waals surface area contributed by atoms with Crippen LogP contribution in [-0.2, 0) is 45.8 Å². The molecule has 346 valence electrons. The smallest absolute Gasteiger partial charge is 0.456 e. The Morgan fingerprint density at radius 2 is 1.11 bits per heavy atom. The van der Waals surface area contributed by atoms with Crippen molar-refractivity contribution in [2.75, 3.05) is 0 Å². The van der Waals surface area contributed by atoms with Crippen molar-refractivity contribution in [3.63, 3.8) is 0 Å². The molecule has 8 heteroatoms. The molecule has 7 aromatic carbocycles. The van der Waals surface area contributed by atoms with E-state index in [-0.39, 0.29) is 44.1 Å². The third-order valence-corrected chi connectivity index (χ3v) is 12.7. The second kappa shape index (κ2) is 20.3. The molecule has 0 bridgehead atoms. The summed E-state index contributed by atoms with van der Waals surface area (Å²) < 4.78 is 102. The van der Waals surface area contributed by atoms with E-state index >= 15 is 4.39 Å². The van der Waals surface area contributed by atoms with E-state index in [9.17, 15) is 8.78 Å². The Bertz CT molecular complexity index is 3830. The zero-order valence-electron chi connectivity index (χ0n) is 43.8. The van der Waals surface area contributed by atoms with Crippen molar-refractivity contribution in [1.29, 1.82) is 0 Å². The summed E-state index contributed by atoms with van der Waals surface area (Å²) in [6, 6.07) is 53.9. The van der Waals surface area contributed by atoms with E-state index in [0.717, 1.165) is 38.6 Å². The number of benzene rings is 7. The van der Waals surface area contributed by atoms with E-state index in [1.54, 1.807) is 12.3 Å². The van der Waals surface area contributed by atoms with Gasteiger partial charge in [0.2, 0.25) is 0 Å². The summed E-state index contributed by atoms with van der Waals surface area (Å²) in [7, 11) is 0. The first kappa shape index (κ1) is 40.0. The molecule has 0 spiro atoms. The van der Waals surface area contributed by atoms with E-state index in [4.69, 9.17) is 17.6 Å². The first-order valence-electron chi connectivity index (χ1n) is 25.8. The molecule has 0 amide bonds. The number of pyridine rings is 3. The number of hydrogen-bond acceptors (Lipinski definition) is 4. The van der Waals surface area contributed by atoms with E-state index in [1.807, 2.05) is 97.1 Å². The van der Waals surface area contributed by atoms with Gasteiger partial charge in [0.15, 0.2) is 0 Å². The second-order valence-electron chi connectivity index (χ2n) is 17.2. The topological polar surface area (TPSA) is 51.8 Å². The van der Waals surface area contributed by atoms with Gasteiger partial charge >= 0.3 is 20.1 Å². The van der Waals surface area contributed by atoms with Crippen molar-refractivity contribution < 1.29 is 45.9 Å². The molecule has 0 saturated heterocycles. The fourth-order valence-electron chi connectivity index (χ4n) is 9.08. The molecule has 4 heterocycles. The zero-order valence-corrected chi connectivity index (χ0v) is 40.2. The first-order chi connectivity index (χ1) is 36.6. The van der Waals surface area contributed by atoms with Gasteiger partial charge < -0.3 is 19.4 Å². The van der Waals surface area contributed by atoms with Crippen molar-refractivity contribution in [2.45, 2.75) is 39.4 Å². The average Bonchev–Trinajstić information content (AvgIpc) is 3.84. The van der Waals surface area contributed by atoms with Crippen LogP contribution in [0.1, 0.15) is 41.6 Å². The maximum atomic E-state index is 17.1. The van der Waals surface area contributed by atoms with Crippen molar-refractivity contribution in [1.82, 2.24) is 15.0 Å². The normalized spacial score (nSPS) is 12.9. The summed E-state index contributed by atoms with van der Waals surface area (Å²) in [4.78, 5) is 14.1. The number of aryl methyl sites for hydroxylation is 6. The van der Waals surface area contributed by atoms with Crippen LogP contribution >= 0.6 is 0 Å². The van der Waals surface area contributed by atoms with Gasteiger partial charge in [0.25, 0.3) is 0 Å². The first-order valence-corrected chi connectivity index (χ1v) is 22.8. The number of hydrogen-bond donors (Lipinski definition) is 0. The van der Waals surface area contributed by atoms with Crippen LogP contribution in [0.5, 0.6) is 0 Å². The van der Waals surface area contributed by atoms with Gasteiger partial charge in [-0.1, -0.05) is 83.9 Å². The summed E-state index contributed by atoms with van der Waals surface area (Å²) in [5.41, 5.74) is 10.7. The molecule has 0 saturated carbocycles. The number of aromatic nitrogens is 3. The van der Waals surface area contributed by atoms with Crippen LogP contribution in [0.25, 0.3) is 89.1 Å². The van der Waals surface area contributed by atoms with Crippen LogP contribution in [0, 0.1) is 49.4 Å². The third kappa shape index (κ3) is 9.87. The number of para-hydroxylation sites is 1. The number of rotatable bonds is 12. The minimum absolute atomic E-state index is 0. The average molecular weight is 1110 g/mol. The fourth-order valence-corrected chi connectivity index (χ4v) is 9.08. The summed E-state index contributed by atoms with van der Waals surface area (Å²) in [5.74, 6) is -1.45. The Morgan fingerprint density at radius 3 is 1.75 bits per heavy atom. The molecular weight excluding hydrogens is 1060 g/mol. The van der Waals surface area contributed by atoms with E-state index < -0.39 is 31.2 Å². The van der Waals surface area contributed by atoms with Gasteiger partial charge in [-0.3, -0.25) is 8.78 Å². The van der Waals surface area contributed by atoms with Crippen LogP contribution in [0.2, 0.25) is 0 Å². The summed E-state index contributed by atoms with van der Waals surface area (Å²) in [6.07, 6.45) is 5.97. The minimum Gasteiger partial charge on any atom is -0.456 e. The van der Waals surface area contributed by atoms with Crippen molar-refractivity contribution in [3.8, 4) is 67.2 Å². The molecule has 0 aliphatic carbocycles. The Morgan fingerprint density at radius 1 is 0.493 bits per heavy atom. The van der Waals surface area contributed by atoms with Crippen LogP contribution < -0.4 is 0 Å². The number of furan rings is 1. The van der Waals surface area contributed by atoms with Crippen molar-refractivity contribution in [3.05, 3.63) is 245 Å². The Labute approximate surface area is 432 Å². The Hall–Kier alpha value is -7.77. The number of nitrogens with zero attached hydrogens (tertiary/aromatic N) is 3. The molecule has 0 atom stereocenters. The summed E-state index contributed by atoms with van der Waals surface area (Å²) in [6.45, 7) is -5.02. The Balaban J connectivity index is 0.00000672. The third-order valence-electron chi connectivity index (χ3n) is 12.7. The predicted molar refractivity (Wildman–Crippen MR) is 273 cm³/mol. The molecule has 0 unspecified atom stereocenters. The maximum Gasteiger partial charge on any atom is 3.00 e.